The zero-order valence-electron chi connectivity index (χ0n) is 21.8. The number of fused-ring (bicyclic) bond motifs is 1. The van der Waals surface area contributed by atoms with Crippen molar-refractivity contribution in [3.63, 3.8) is 0 Å². The number of aryl methyl sites for hydroxylation is 1. The van der Waals surface area contributed by atoms with Crippen LogP contribution < -0.4 is 20.9 Å². The number of piperazine rings is 1. The van der Waals surface area contributed by atoms with Gasteiger partial charge in [0.2, 0.25) is 5.95 Å². The maximum atomic E-state index is 15.0. The van der Waals surface area contributed by atoms with Gasteiger partial charge < -0.3 is 25.8 Å². The van der Waals surface area contributed by atoms with Crippen LogP contribution in [0.15, 0.2) is 49.2 Å². The summed E-state index contributed by atoms with van der Waals surface area (Å²) < 4.78 is 15.0. The predicted octanol–water partition coefficient (Wildman–Crippen LogP) is 4.22. The molecule has 5 rings (SSSR count). The van der Waals surface area contributed by atoms with E-state index in [1.54, 1.807) is 18.2 Å². The number of anilines is 5. The van der Waals surface area contributed by atoms with E-state index < -0.39 is 0 Å². The summed E-state index contributed by atoms with van der Waals surface area (Å²) in [6.45, 7) is 9.48. The lowest BCUT2D eigenvalue weighted by atomic mass is 10.1. The molecule has 2 aliphatic rings. The average Bonchev–Trinajstić information content (AvgIpc) is 3.28. The van der Waals surface area contributed by atoms with Crippen LogP contribution in [0.3, 0.4) is 0 Å². The van der Waals surface area contributed by atoms with Crippen LogP contribution in [0, 0.1) is 5.82 Å². The first-order valence-electron chi connectivity index (χ1n) is 12.9. The van der Waals surface area contributed by atoms with Crippen molar-refractivity contribution in [2.75, 3.05) is 55.3 Å². The van der Waals surface area contributed by atoms with Gasteiger partial charge in [0.1, 0.15) is 23.0 Å². The number of likely N-dealkylation sites (N-methyl/N-ethyl adjacent to an activating group) is 1. The molecule has 1 aromatic carbocycles. The largest absolute Gasteiger partial charge is 0.367 e. The van der Waals surface area contributed by atoms with E-state index in [9.17, 15) is 4.79 Å². The molecule has 38 heavy (non-hydrogen) atoms. The Bertz CT molecular complexity index is 1340. The van der Waals surface area contributed by atoms with Crippen molar-refractivity contribution >= 4 is 34.9 Å². The predicted molar refractivity (Wildman–Crippen MR) is 148 cm³/mol. The number of rotatable bonds is 8. The van der Waals surface area contributed by atoms with E-state index in [1.807, 2.05) is 6.07 Å². The summed E-state index contributed by atoms with van der Waals surface area (Å²) in [5, 5.41) is 9.03. The molecule has 1 aliphatic carbocycles. The quantitative estimate of drug-likeness (QED) is 0.383. The molecule has 2 aromatic heterocycles. The van der Waals surface area contributed by atoms with Gasteiger partial charge in [-0.2, -0.15) is 4.98 Å². The molecule has 10 heteroatoms. The number of nitrogens with zero attached hydrogens (tertiary/aromatic N) is 5. The third-order valence-corrected chi connectivity index (χ3v) is 7.06. The van der Waals surface area contributed by atoms with E-state index in [-0.39, 0.29) is 23.2 Å². The summed E-state index contributed by atoms with van der Waals surface area (Å²) in [5.74, 6) is 0.868. The third kappa shape index (κ3) is 5.60. The second-order valence-corrected chi connectivity index (χ2v) is 9.84. The number of aromatic nitrogens is 3. The van der Waals surface area contributed by atoms with Gasteiger partial charge in [-0.15, -0.1) is 6.58 Å². The summed E-state index contributed by atoms with van der Waals surface area (Å²) in [4.78, 5) is 30.7. The molecule has 0 saturated carbocycles. The highest BCUT2D eigenvalue weighted by Crippen LogP contribution is 2.33. The molecule has 0 radical (unpaired) electrons. The van der Waals surface area contributed by atoms with Crippen molar-refractivity contribution in [1.82, 2.24) is 25.2 Å². The van der Waals surface area contributed by atoms with Crippen molar-refractivity contribution in [3.8, 4) is 0 Å². The molecule has 1 fully saturated rings. The van der Waals surface area contributed by atoms with Gasteiger partial charge in [-0.3, -0.25) is 4.79 Å². The standard InChI is InChI=1S/C28H33FN8O/c1-4-11-30-27(38)21-17-31-28(35-26(21)34-24-10-7-19-6-5-18(2)25(19)33-24)32-20-8-9-23(22(29)16-20)37-14-12-36(3)13-15-37/h4,7-10,16-18H,1,5-6,11-15H2,2-3H3,(H,30,38)(H2,31,32,33,34,35). The summed E-state index contributed by atoms with van der Waals surface area (Å²) >= 11 is 0. The van der Waals surface area contributed by atoms with E-state index in [2.05, 4.69) is 62.3 Å². The second-order valence-electron chi connectivity index (χ2n) is 9.84. The number of pyridine rings is 1. The monoisotopic (exact) mass is 516 g/mol. The minimum absolute atomic E-state index is 0.231. The number of halogens is 1. The molecule has 1 saturated heterocycles. The van der Waals surface area contributed by atoms with Gasteiger partial charge in [0.25, 0.3) is 5.91 Å². The topological polar surface area (TPSA) is 98.3 Å². The van der Waals surface area contributed by atoms with Crippen LogP contribution in [0.25, 0.3) is 0 Å². The molecule has 0 spiro atoms. The first-order valence-corrected chi connectivity index (χ1v) is 12.9. The lowest BCUT2D eigenvalue weighted by Crippen LogP contribution is -2.44. The van der Waals surface area contributed by atoms with Crippen molar-refractivity contribution in [1.29, 1.82) is 0 Å². The number of amides is 1. The lowest BCUT2D eigenvalue weighted by molar-refractivity contribution is 0.0958. The van der Waals surface area contributed by atoms with E-state index in [1.165, 1.54) is 17.8 Å². The fraction of sp³-hybridized carbons (Fsp3) is 0.357. The Morgan fingerprint density at radius 1 is 1.16 bits per heavy atom. The van der Waals surface area contributed by atoms with Crippen LogP contribution in [-0.4, -0.2) is 65.5 Å². The second kappa shape index (κ2) is 11.1. The van der Waals surface area contributed by atoms with Gasteiger partial charge in [0.05, 0.1) is 5.69 Å². The highest BCUT2D eigenvalue weighted by Gasteiger charge is 2.22. The first kappa shape index (κ1) is 25.6. The Hall–Kier alpha value is -4.05. The number of carbonyl (C=O) groups is 1. The van der Waals surface area contributed by atoms with Gasteiger partial charge >= 0.3 is 0 Å². The van der Waals surface area contributed by atoms with Crippen LogP contribution in [0.1, 0.15) is 40.9 Å². The maximum absolute atomic E-state index is 15.0. The summed E-state index contributed by atoms with van der Waals surface area (Å²) in [6, 6.07) is 8.98. The van der Waals surface area contributed by atoms with E-state index in [0.717, 1.165) is 44.7 Å². The van der Waals surface area contributed by atoms with Gasteiger partial charge in [-0.05, 0) is 55.6 Å². The SMILES string of the molecule is C=CCNC(=O)c1cnc(Nc2ccc(N3CCN(C)CC3)c(F)c2)nc1Nc1ccc2c(n1)C(C)CC2. The molecule has 1 aliphatic heterocycles. The molecule has 1 amide bonds. The van der Waals surface area contributed by atoms with Crippen LogP contribution in [0.2, 0.25) is 0 Å². The Morgan fingerprint density at radius 3 is 2.74 bits per heavy atom. The molecule has 1 unspecified atom stereocenters. The number of carbonyl (C=O) groups excluding carboxylic acids is 1. The Balaban J connectivity index is 1.39. The molecule has 3 aromatic rings. The number of hydrogen-bond donors (Lipinski definition) is 3. The minimum Gasteiger partial charge on any atom is -0.367 e. The summed E-state index contributed by atoms with van der Waals surface area (Å²) in [5.41, 5.74) is 3.68. The number of benzene rings is 1. The van der Waals surface area contributed by atoms with E-state index in [0.29, 0.717) is 35.5 Å². The van der Waals surface area contributed by atoms with Crippen molar-refractivity contribution in [2.24, 2.45) is 0 Å². The van der Waals surface area contributed by atoms with Crippen LogP contribution in [0.4, 0.5) is 33.3 Å². The maximum Gasteiger partial charge on any atom is 0.256 e. The van der Waals surface area contributed by atoms with Crippen molar-refractivity contribution < 1.29 is 9.18 Å². The fourth-order valence-electron chi connectivity index (χ4n) is 4.82. The average molecular weight is 517 g/mol. The van der Waals surface area contributed by atoms with Crippen LogP contribution in [0.5, 0.6) is 0 Å². The molecular weight excluding hydrogens is 483 g/mol. The Kier molecular flexibility index (Phi) is 7.50. The Morgan fingerprint density at radius 2 is 1.97 bits per heavy atom. The van der Waals surface area contributed by atoms with Gasteiger partial charge in [-0.25, -0.2) is 14.4 Å². The Labute approximate surface area is 222 Å². The van der Waals surface area contributed by atoms with Crippen molar-refractivity contribution in [3.05, 3.63) is 71.8 Å². The smallest absolute Gasteiger partial charge is 0.256 e. The molecule has 1 atom stereocenters. The van der Waals surface area contributed by atoms with Crippen molar-refractivity contribution in [2.45, 2.75) is 25.7 Å². The molecular formula is C28H33FN8O. The van der Waals surface area contributed by atoms with Crippen LogP contribution >= 0.6 is 0 Å². The van der Waals surface area contributed by atoms with E-state index >= 15 is 4.39 Å². The van der Waals surface area contributed by atoms with Crippen LogP contribution in [-0.2, 0) is 6.42 Å². The minimum atomic E-state index is -0.337. The van der Waals surface area contributed by atoms with Gasteiger partial charge in [0, 0.05) is 50.3 Å². The van der Waals surface area contributed by atoms with E-state index in [4.69, 9.17) is 4.98 Å². The molecule has 3 heterocycles. The highest BCUT2D eigenvalue weighted by molar-refractivity contribution is 5.99. The molecule has 198 valence electrons. The normalized spacial score (nSPS) is 17.1. The number of hydrogen-bond acceptors (Lipinski definition) is 8. The zero-order chi connectivity index (χ0) is 26.6. The zero-order valence-corrected chi connectivity index (χ0v) is 21.8. The molecule has 9 nitrogen and oxygen atoms in total. The fourth-order valence-corrected chi connectivity index (χ4v) is 4.82. The summed E-state index contributed by atoms with van der Waals surface area (Å²) in [7, 11) is 2.07. The highest BCUT2D eigenvalue weighted by atomic mass is 19.1. The molecule has 0 bridgehead atoms. The first-order chi connectivity index (χ1) is 18.4. The van der Waals surface area contributed by atoms with Gasteiger partial charge in [0.15, 0.2) is 0 Å². The van der Waals surface area contributed by atoms with Gasteiger partial charge in [-0.1, -0.05) is 19.1 Å². The lowest BCUT2D eigenvalue weighted by Gasteiger charge is -2.34. The molecule has 3 N–H and O–H groups in total. The number of nitrogens with one attached hydrogen (secondary N) is 3. The summed E-state index contributed by atoms with van der Waals surface area (Å²) in [6.07, 6.45) is 5.14. The third-order valence-electron chi connectivity index (χ3n) is 7.06.